The largest absolute Gasteiger partial charge is 0.242 e. The van der Waals surface area contributed by atoms with E-state index in [4.69, 9.17) is 0 Å². The maximum absolute atomic E-state index is 4.49. The first-order valence-corrected chi connectivity index (χ1v) is 6.18. The summed E-state index contributed by atoms with van der Waals surface area (Å²) in [5.41, 5.74) is 1.20. The van der Waals surface area contributed by atoms with Crippen molar-refractivity contribution in [2.75, 3.05) is 5.01 Å². The molecule has 4 atom stereocenters. The summed E-state index contributed by atoms with van der Waals surface area (Å²) in [5.74, 6) is 1.64. The quantitative estimate of drug-likeness (QED) is 0.704. The van der Waals surface area contributed by atoms with Crippen LogP contribution in [0.1, 0.15) is 19.3 Å². The van der Waals surface area contributed by atoms with E-state index in [2.05, 4.69) is 45.7 Å². The summed E-state index contributed by atoms with van der Waals surface area (Å²) in [5, 5.41) is 11.0. The van der Waals surface area contributed by atoms with Crippen LogP contribution in [-0.2, 0) is 0 Å². The molecule has 0 N–H and O–H groups in total. The van der Waals surface area contributed by atoms with Crippen molar-refractivity contribution in [1.29, 1.82) is 0 Å². The van der Waals surface area contributed by atoms with Crippen LogP contribution in [0.25, 0.3) is 0 Å². The fourth-order valence-electron chi connectivity index (χ4n) is 3.72. The van der Waals surface area contributed by atoms with Crippen molar-refractivity contribution in [3.8, 4) is 0 Å². The fourth-order valence-corrected chi connectivity index (χ4v) is 3.72. The second kappa shape index (κ2) is 3.06. The number of nitrogens with zero attached hydrogens (tertiary/aromatic N) is 3. The van der Waals surface area contributed by atoms with Gasteiger partial charge in [-0.25, -0.2) is 5.01 Å². The van der Waals surface area contributed by atoms with Crippen molar-refractivity contribution in [2.45, 2.75) is 31.3 Å². The molecule has 82 valence electrons. The van der Waals surface area contributed by atoms with Crippen LogP contribution in [-0.4, -0.2) is 12.1 Å². The Balaban J connectivity index is 1.70. The van der Waals surface area contributed by atoms with Crippen LogP contribution in [0.4, 0.5) is 5.69 Å². The van der Waals surface area contributed by atoms with Gasteiger partial charge in [0.1, 0.15) is 0 Å². The predicted molar refractivity (Wildman–Crippen MR) is 62.2 cm³/mol. The van der Waals surface area contributed by atoms with Gasteiger partial charge in [0.15, 0.2) is 0 Å². The summed E-state index contributed by atoms with van der Waals surface area (Å²) in [6, 6.07) is 11.5. The Hall–Kier alpha value is -1.38. The van der Waals surface area contributed by atoms with Crippen molar-refractivity contribution in [3.63, 3.8) is 0 Å². The molecule has 0 amide bonds. The molecule has 3 heteroatoms. The van der Waals surface area contributed by atoms with Gasteiger partial charge in [-0.05, 0) is 43.2 Å². The summed E-state index contributed by atoms with van der Waals surface area (Å²) >= 11 is 0. The van der Waals surface area contributed by atoms with Gasteiger partial charge in [0, 0.05) is 0 Å². The lowest BCUT2D eigenvalue weighted by atomic mass is 9.91. The summed E-state index contributed by atoms with van der Waals surface area (Å²) in [7, 11) is 0. The first-order valence-electron chi connectivity index (χ1n) is 6.18. The number of hydrogen-bond donors (Lipinski definition) is 0. The highest BCUT2D eigenvalue weighted by Crippen LogP contribution is 2.51. The molecule has 3 aliphatic rings. The molecule has 0 radical (unpaired) electrons. The molecule has 0 spiro atoms. The van der Waals surface area contributed by atoms with Gasteiger partial charge in [0.2, 0.25) is 0 Å². The number of hydrogen-bond acceptors (Lipinski definition) is 3. The summed E-state index contributed by atoms with van der Waals surface area (Å²) in [4.78, 5) is 0. The van der Waals surface area contributed by atoms with Crippen molar-refractivity contribution >= 4 is 5.69 Å². The van der Waals surface area contributed by atoms with Gasteiger partial charge >= 0.3 is 0 Å². The molecule has 2 aliphatic carbocycles. The first kappa shape index (κ1) is 8.74. The summed E-state index contributed by atoms with van der Waals surface area (Å²) in [6.07, 6.45) is 4.12. The van der Waals surface area contributed by atoms with Gasteiger partial charge in [-0.1, -0.05) is 23.4 Å². The molecule has 1 heterocycles. The lowest BCUT2D eigenvalue weighted by Crippen LogP contribution is -2.39. The second-order valence-corrected chi connectivity index (χ2v) is 5.20. The Bertz CT molecular complexity index is 428. The average Bonchev–Trinajstić information content (AvgIpc) is 3.03. The molecule has 0 aromatic heterocycles. The third-order valence-corrected chi connectivity index (χ3v) is 4.41. The molecule has 3 nitrogen and oxygen atoms in total. The van der Waals surface area contributed by atoms with E-state index >= 15 is 0 Å². The smallest absolute Gasteiger partial charge is 0.0985 e. The minimum absolute atomic E-state index is 0.485. The van der Waals surface area contributed by atoms with Gasteiger partial charge in [0.05, 0.1) is 17.8 Å². The van der Waals surface area contributed by atoms with E-state index in [9.17, 15) is 0 Å². The van der Waals surface area contributed by atoms with Crippen LogP contribution in [0.2, 0.25) is 0 Å². The van der Waals surface area contributed by atoms with E-state index in [1.807, 2.05) is 0 Å². The normalized spacial score (nSPS) is 39.4. The Kier molecular flexibility index (Phi) is 1.67. The van der Waals surface area contributed by atoms with Gasteiger partial charge in [-0.3, -0.25) is 0 Å². The van der Waals surface area contributed by atoms with Gasteiger partial charge in [-0.15, -0.1) is 0 Å². The summed E-state index contributed by atoms with van der Waals surface area (Å²) in [6.45, 7) is 0. The zero-order chi connectivity index (χ0) is 10.5. The van der Waals surface area contributed by atoms with E-state index in [-0.39, 0.29) is 0 Å². The molecule has 2 saturated carbocycles. The fraction of sp³-hybridized carbons (Fsp3) is 0.538. The lowest BCUT2D eigenvalue weighted by Gasteiger charge is -2.28. The zero-order valence-electron chi connectivity index (χ0n) is 9.16. The van der Waals surface area contributed by atoms with Crippen molar-refractivity contribution in [1.82, 2.24) is 0 Å². The van der Waals surface area contributed by atoms with Crippen LogP contribution in [0, 0.1) is 11.8 Å². The van der Waals surface area contributed by atoms with E-state index in [1.54, 1.807) is 0 Å². The molecule has 16 heavy (non-hydrogen) atoms. The average molecular weight is 213 g/mol. The standard InChI is InChI=1S/C13H15N3/c1-2-4-11(5-3-1)16-13-10-7-6-9(8-10)12(13)14-15-16/h1-5,9-10,12-13H,6-8H2/t9-,10+,12-,13-/m0/s1. The van der Waals surface area contributed by atoms with E-state index in [0.29, 0.717) is 12.1 Å². The first-order chi connectivity index (χ1) is 7.93. The molecular formula is C13H15N3. The summed E-state index contributed by atoms with van der Waals surface area (Å²) < 4.78 is 0. The Morgan fingerprint density at radius 1 is 1.06 bits per heavy atom. The zero-order valence-corrected chi connectivity index (χ0v) is 9.16. The molecule has 0 unspecified atom stereocenters. The number of para-hydroxylation sites is 1. The Morgan fingerprint density at radius 2 is 1.88 bits per heavy atom. The highest BCUT2D eigenvalue weighted by Gasteiger charge is 2.53. The molecular weight excluding hydrogens is 198 g/mol. The van der Waals surface area contributed by atoms with Crippen molar-refractivity contribution < 1.29 is 0 Å². The topological polar surface area (TPSA) is 28.0 Å². The third-order valence-electron chi connectivity index (χ3n) is 4.41. The van der Waals surface area contributed by atoms with Crippen LogP contribution in [0.5, 0.6) is 0 Å². The SMILES string of the molecule is c1ccc(N2N=N[C@H]3[C@H]4CC[C@H](C4)[C@@H]32)cc1. The van der Waals surface area contributed by atoms with Crippen molar-refractivity contribution in [2.24, 2.45) is 22.2 Å². The van der Waals surface area contributed by atoms with Gasteiger partial charge < -0.3 is 0 Å². The third kappa shape index (κ3) is 1.03. The predicted octanol–water partition coefficient (Wildman–Crippen LogP) is 3.04. The molecule has 0 saturated heterocycles. The maximum Gasteiger partial charge on any atom is 0.0985 e. The molecule has 1 aromatic rings. The second-order valence-electron chi connectivity index (χ2n) is 5.20. The monoisotopic (exact) mass is 213 g/mol. The van der Waals surface area contributed by atoms with Crippen LogP contribution < -0.4 is 5.01 Å². The number of benzene rings is 1. The van der Waals surface area contributed by atoms with Crippen LogP contribution in [0.15, 0.2) is 40.7 Å². The maximum atomic E-state index is 4.49. The van der Waals surface area contributed by atoms with E-state index < -0.39 is 0 Å². The number of anilines is 1. The highest BCUT2D eigenvalue weighted by atomic mass is 15.6. The van der Waals surface area contributed by atoms with E-state index in [1.165, 1.54) is 24.9 Å². The molecule has 1 aliphatic heterocycles. The van der Waals surface area contributed by atoms with Crippen LogP contribution >= 0.6 is 0 Å². The highest BCUT2D eigenvalue weighted by molar-refractivity contribution is 5.48. The molecule has 4 rings (SSSR count). The van der Waals surface area contributed by atoms with Gasteiger partial charge in [-0.2, -0.15) is 5.11 Å². The Labute approximate surface area is 95.1 Å². The number of rotatable bonds is 1. The minimum atomic E-state index is 0.485. The van der Waals surface area contributed by atoms with E-state index in [0.717, 1.165) is 11.8 Å². The minimum Gasteiger partial charge on any atom is -0.242 e. The molecule has 1 aromatic carbocycles. The molecule has 2 fully saturated rings. The number of fused-ring (bicyclic) bond motifs is 5. The lowest BCUT2D eigenvalue weighted by molar-refractivity contribution is 0.383. The van der Waals surface area contributed by atoms with Crippen LogP contribution in [0.3, 0.4) is 0 Å². The Morgan fingerprint density at radius 3 is 2.75 bits per heavy atom. The molecule has 2 bridgehead atoms. The van der Waals surface area contributed by atoms with Gasteiger partial charge in [0.25, 0.3) is 0 Å². The van der Waals surface area contributed by atoms with Crippen molar-refractivity contribution in [3.05, 3.63) is 30.3 Å².